The van der Waals surface area contributed by atoms with Crippen LogP contribution in [0.25, 0.3) is 10.9 Å². The number of esters is 1. The molecule has 6 heteroatoms. The van der Waals surface area contributed by atoms with Crippen LogP contribution in [0.5, 0.6) is 0 Å². The molecule has 1 N–H and O–H groups in total. The van der Waals surface area contributed by atoms with Gasteiger partial charge in [-0.3, -0.25) is 9.59 Å². The SMILES string of the molecule is Cc1cc(C(=O)COC(=O)c2cc(=O)[nH]c3ccccc23)c(C)n1C1CC1. The highest BCUT2D eigenvalue weighted by Crippen LogP contribution is 2.38. The maximum atomic E-state index is 12.6. The number of fused-ring (bicyclic) bond motifs is 1. The van der Waals surface area contributed by atoms with Gasteiger partial charge in [-0.1, -0.05) is 18.2 Å². The van der Waals surface area contributed by atoms with Crippen molar-refractivity contribution in [3.05, 3.63) is 69.3 Å². The van der Waals surface area contributed by atoms with Crippen LogP contribution >= 0.6 is 0 Å². The number of nitrogens with one attached hydrogen (secondary N) is 1. The zero-order valence-corrected chi connectivity index (χ0v) is 15.2. The average Bonchev–Trinajstić information content (AvgIpc) is 3.43. The van der Waals surface area contributed by atoms with E-state index in [-0.39, 0.29) is 23.5 Å². The first-order valence-corrected chi connectivity index (χ1v) is 8.96. The van der Waals surface area contributed by atoms with E-state index in [1.807, 2.05) is 19.9 Å². The Kier molecular flexibility index (Phi) is 4.18. The van der Waals surface area contributed by atoms with Gasteiger partial charge in [0.2, 0.25) is 11.3 Å². The number of hydrogen-bond acceptors (Lipinski definition) is 4. The number of ether oxygens (including phenoxy) is 1. The molecule has 0 unspecified atom stereocenters. The lowest BCUT2D eigenvalue weighted by molar-refractivity contribution is 0.0476. The van der Waals surface area contributed by atoms with Crippen molar-refractivity contribution in [3.8, 4) is 0 Å². The normalized spacial score (nSPS) is 13.7. The molecular formula is C21H20N2O4. The maximum absolute atomic E-state index is 12.6. The first-order chi connectivity index (χ1) is 13.0. The molecule has 2 aromatic heterocycles. The van der Waals surface area contributed by atoms with Crippen molar-refractivity contribution < 1.29 is 14.3 Å². The molecule has 138 valence electrons. The number of Topliss-reactive ketones (excluding diaryl/α,β-unsaturated/α-hetero) is 1. The van der Waals surface area contributed by atoms with Gasteiger partial charge in [0.1, 0.15) is 0 Å². The smallest absolute Gasteiger partial charge is 0.339 e. The van der Waals surface area contributed by atoms with E-state index in [1.54, 1.807) is 24.3 Å². The molecule has 3 aromatic rings. The number of carbonyl (C=O) groups is 2. The van der Waals surface area contributed by atoms with Gasteiger partial charge in [0, 0.05) is 40.0 Å². The monoisotopic (exact) mass is 364 g/mol. The molecule has 1 aliphatic carbocycles. The highest BCUT2D eigenvalue weighted by atomic mass is 16.5. The first-order valence-electron chi connectivity index (χ1n) is 8.96. The van der Waals surface area contributed by atoms with Crippen LogP contribution in [0.3, 0.4) is 0 Å². The molecule has 0 aliphatic heterocycles. The predicted molar refractivity (Wildman–Crippen MR) is 101 cm³/mol. The topological polar surface area (TPSA) is 81.2 Å². The number of para-hydroxylation sites is 1. The molecule has 6 nitrogen and oxygen atoms in total. The molecule has 0 radical (unpaired) electrons. The first kappa shape index (κ1) is 17.3. The fourth-order valence-electron chi connectivity index (χ4n) is 3.61. The van der Waals surface area contributed by atoms with Crippen LogP contribution in [0.1, 0.15) is 51.0 Å². The van der Waals surface area contributed by atoms with Crippen molar-refractivity contribution in [2.75, 3.05) is 6.61 Å². The third kappa shape index (κ3) is 3.18. The fourth-order valence-corrected chi connectivity index (χ4v) is 3.61. The molecule has 0 spiro atoms. The number of pyridine rings is 1. The summed E-state index contributed by atoms with van der Waals surface area (Å²) in [6.45, 7) is 3.55. The minimum atomic E-state index is -0.679. The number of aryl methyl sites for hydroxylation is 1. The summed E-state index contributed by atoms with van der Waals surface area (Å²) in [5.74, 6) is -0.917. The molecule has 1 fully saturated rings. The number of rotatable bonds is 5. The molecule has 2 heterocycles. The van der Waals surface area contributed by atoms with Gasteiger partial charge in [0.25, 0.3) is 0 Å². The number of hydrogen-bond donors (Lipinski definition) is 1. The lowest BCUT2D eigenvalue weighted by Gasteiger charge is -2.08. The van der Waals surface area contributed by atoms with Crippen molar-refractivity contribution in [1.29, 1.82) is 0 Å². The Morgan fingerprint density at radius 2 is 1.89 bits per heavy atom. The molecule has 27 heavy (non-hydrogen) atoms. The van der Waals surface area contributed by atoms with Crippen LogP contribution in [0.2, 0.25) is 0 Å². The van der Waals surface area contributed by atoms with Gasteiger partial charge in [0.15, 0.2) is 6.61 Å². The van der Waals surface area contributed by atoms with Gasteiger partial charge in [-0.2, -0.15) is 0 Å². The molecule has 1 aliphatic rings. The lowest BCUT2D eigenvalue weighted by atomic mass is 10.1. The summed E-state index contributed by atoms with van der Waals surface area (Å²) in [7, 11) is 0. The Morgan fingerprint density at radius 1 is 1.15 bits per heavy atom. The van der Waals surface area contributed by atoms with Crippen molar-refractivity contribution in [3.63, 3.8) is 0 Å². The average molecular weight is 364 g/mol. The van der Waals surface area contributed by atoms with Crippen LogP contribution in [0.15, 0.2) is 41.2 Å². The number of ketones is 1. The highest BCUT2D eigenvalue weighted by Gasteiger charge is 2.28. The van der Waals surface area contributed by atoms with E-state index in [2.05, 4.69) is 9.55 Å². The number of carbonyl (C=O) groups excluding carboxylic acids is 2. The van der Waals surface area contributed by atoms with Crippen LogP contribution in [0, 0.1) is 13.8 Å². The Balaban J connectivity index is 1.54. The third-order valence-electron chi connectivity index (χ3n) is 5.00. The summed E-state index contributed by atoms with van der Waals surface area (Å²) in [4.78, 5) is 39.5. The van der Waals surface area contributed by atoms with Crippen LogP contribution < -0.4 is 5.56 Å². The standard InChI is InChI=1S/C21H20N2O4/c1-12-9-16(13(2)23(12)14-7-8-14)19(24)11-27-21(26)17-10-20(25)22-18-6-4-3-5-15(17)18/h3-6,9-10,14H,7-8,11H2,1-2H3,(H,22,25). The van der Waals surface area contributed by atoms with E-state index >= 15 is 0 Å². The van der Waals surface area contributed by atoms with Crippen LogP contribution in [-0.2, 0) is 4.74 Å². The summed E-state index contributed by atoms with van der Waals surface area (Å²) in [5.41, 5.74) is 2.87. The summed E-state index contributed by atoms with van der Waals surface area (Å²) in [6.07, 6.45) is 2.27. The quantitative estimate of drug-likeness (QED) is 0.556. The van der Waals surface area contributed by atoms with Crippen molar-refractivity contribution in [2.24, 2.45) is 0 Å². The van der Waals surface area contributed by atoms with Crippen molar-refractivity contribution in [2.45, 2.75) is 32.7 Å². The van der Waals surface area contributed by atoms with E-state index in [0.29, 0.717) is 22.5 Å². The minimum Gasteiger partial charge on any atom is -0.454 e. The predicted octanol–water partition coefficient (Wildman–Crippen LogP) is 3.32. The number of aromatic nitrogens is 2. The molecule has 0 atom stereocenters. The Morgan fingerprint density at radius 3 is 2.63 bits per heavy atom. The summed E-state index contributed by atoms with van der Waals surface area (Å²) >= 11 is 0. The van der Waals surface area contributed by atoms with Gasteiger partial charge >= 0.3 is 5.97 Å². The molecule has 0 saturated heterocycles. The Labute approximate surface area is 155 Å². The second-order valence-corrected chi connectivity index (χ2v) is 6.98. The number of nitrogens with zero attached hydrogens (tertiary/aromatic N) is 1. The van der Waals surface area contributed by atoms with E-state index in [9.17, 15) is 14.4 Å². The van der Waals surface area contributed by atoms with Crippen molar-refractivity contribution >= 4 is 22.7 Å². The van der Waals surface area contributed by atoms with Crippen LogP contribution in [-0.4, -0.2) is 27.9 Å². The Hall–Kier alpha value is -3.15. The minimum absolute atomic E-state index is 0.158. The number of benzene rings is 1. The van der Waals surface area contributed by atoms with Gasteiger partial charge in [-0.05, 0) is 38.8 Å². The van der Waals surface area contributed by atoms with Crippen LogP contribution in [0.4, 0.5) is 0 Å². The second-order valence-electron chi connectivity index (χ2n) is 6.98. The third-order valence-corrected chi connectivity index (χ3v) is 5.00. The van der Waals surface area contributed by atoms with Gasteiger partial charge in [-0.25, -0.2) is 4.79 Å². The molecular weight excluding hydrogens is 344 g/mol. The number of aromatic amines is 1. The fraction of sp³-hybridized carbons (Fsp3) is 0.286. The van der Waals surface area contributed by atoms with E-state index in [1.165, 1.54) is 6.07 Å². The highest BCUT2D eigenvalue weighted by molar-refractivity contribution is 6.05. The zero-order valence-electron chi connectivity index (χ0n) is 15.2. The maximum Gasteiger partial charge on any atom is 0.339 e. The van der Waals surface area contributed by atoms with Gasteiger partial charge in [0.05, 0.1) is 5.56 Å². The molecule has 4 rings (SSSR count). The largest absolute Gasteiger partial charge is 0.454 e. The molecule has 1 saturated carbocycles. The number of H-pyrrole nitrogens is 1. The van der Waals surface area contributed by atoms with E-state index in [4.69, 9.17) is 4.74 Å². The van der Waals surface area contributed by atoms with Crippen molar-refractivity contribution in [1.82, 2.24) is 9.55 Å². The summed E-state index contributed by atoms with van der Waals surface area (Å²) < 4.78 is 7.42. The van der Waals surface area contributed by atoms with E-state index in [0.717, 1.165) is 24.2 Å². The summed E-state index contributed by atoms with van der Waals surface area (Å²) in [5, 5.41) is 0.585. The molecule has 0 amide bonds. The molecule has 1 aromatic carbocycles. The summed E-state index contributed by atoms with van der Waals surface area (Å²) in [6, 6.07) is 10.5. The van der Waals surface area contributed by atoms with Gasteiger partial charge in [-0.15, -0.1) is 0 Å². The second kappa shape index (κ2) is 6.54. The zero-order chi connectivity index (χ0) is 19.1. The van der Waals surface area contributed by atoms with Gasteiger partial charge < -0.3 is 14.3 Å². The lowest BCUT2D eigenvalue weighted by Crippen LogP contribution is -2.17. The Bertz CT molecular complexity index is 1120. The van der Waals surface area contributed by atoms with E-state index < -0.39 is 5.97 Å². The molecule has 0 bridgehead atoms.